The molecule has 1 saturated heterocycles. The minimum atomic E-state index is -0.242. The molecule has 1 aromatic heterocycles. The fraction of sp³-hybridized carbons (Fsp3) is 0.471. The minimum Gasteiger partial charge on any atom is -0.453 e. The van der Waals surface area contributed by atoms with Crippen LogP contribution in [-0.4, -0.2) is 18.9 Å². The van der Waals surface area contributed by atoms with Crippen molar-refractivity contribution in [3.8, 4) is 0 Å². The molecule has 1 N–H and O–H groups in total. The second-order valence-corrected chi connectivity index (χ2v) is 5.86. The number of fused-ring (bicyclic) bond motifs is 1. The summed E-state index contributed by atoms with van der Waals surface area (Å²) in [5.41, 5.74) is 1.75. The lowest BCUT2D eigenvalue weighted by molar-refractivity contribution is 0.0688. The first-order valence-corrected chi connectivity index (χ1v) is 7.40. The van der Waals surface area contributed by atoms with Crippen LogP contribution in [0.4, 0.5) is 0 Å². The van der Waals surface area contributed by atoms with Gasteiger partial charge in [0.05, 0.1) is 0 Å². The zero-order valence-electron chi connectivity index (χ0n) is 12.2. The summed E-state index contributed by atoms with van der Waals surface area (Å²) in [4.78, 5) is 12.9. The second-order valence-electron chi connectivity index (χ2n) is 5.86. The first kappa shape index (κ1) is 13.4. The average Bonchev–Trinajstić information content (AvgIpc) is 2.90. The third kappa shape index (κ3) is 2.16. The molecular formula is C17H21NO2. The number of hydrogen-bond acceptors (Lipinski definition) is 3. The first-order valence-electron chi connectivity index (χ1n) is 7.40. The quantitative estimate of drug-likeness (QED) is 0.865. The Balaban J connectivity index is 1.98. The monoisotopic (exact) mass is 271 g/mol. The van der Waals surface area contributed by atoms with E-state index in [-0.39, 0.29) is 11.2 Å². The Kier molecular flexibility index (Phi) is 3.38. The van der Waals surface area contributed by atoms with Gasteiger partial charge in [0.25, 0.3) is 0 Å². The smallest absolute Gasteiger partial charge is 0.204 e. The summed E-state index contributed by atoms with van der Waals surface area (Å²) in [6.07, 6.45) is 2.68. The Bertz CT molecular complexity index is 635. The highest BCUT2D eigenvalue weighted by atomic mass is 16.3. The fourth-order valence-electron chi connectivity index (χ4n) is 3.18. The van der Waals surface area contributed by atoms with Crippen molar-refractivity contribution in [1.82, 2.24) is 5.32 Å². The average molecular weight is 271 g/mol. The number of nitrogens with one attached hydrogen (secondary N) is 1. The zero-order valence-corrected chi connectivity index (χ0v) is 12.2. The van der Waals surface area contributed by atoms with Gasteiger partial charge in [-0.3, -0.25) is 4.79 Å². The number of furan rings is 1. The number of carbonyl (C=O) groups excluding carboxylic acids is 1. The number of benzene rings is 1. The molecule has 0 aliphatic carbocycles. The number of ketones is 1. The molecular weight excluding hydrogens is 250 g/mol. The topological polar surface area (TPSA) is 42.2 Å². The fourth-order valence-corrected chi connectivity index (χ4v) is 3.18. The maximum absolute atomic E-state index is 12.9. The van der Waals surface area contributed by atoms with Gasteiger partial charge in [0.15, 0.2) is 5.76 Å². The van der Waals surface area contributed by atoms with Crippen LogP contribution in [0.25, 0.3) is 11.0 Å². The van der Waals surface area contributed by atoms with Crippen LogP contribution >= 0.6 is 0 Å². The molecule has 0 radical (unpaired) electrons. The van der Waals surface area contributed by atoms with Gasteiger partial charge in [0.1, 0.15) is 5.58 Å². The molecule has 1 aromatic carbocycles. The lowest BCUT2D eigenvalue weighted by atomic mass is 9.72. The van der Waals surface area contributed by atoms with Crippen molar-refractivity contribution < 1.29 is 9.21 Å². The van der Waals surface area contributed by atoms with Crippen LogP contribution in [-0.2, 0) is 0 Å². The highest BCUT2D eigenvalue weighted by molar-refractivity contribution is 6.01. The molecule has 0 spiro atoms. The Labute approximate surface area is 119 Å². The molecule has 3 nitrogen and oxygen atoms in total. The zero-order chi connectivity index (χ0) is 14.2. The summed E-state index contributed by atoms with van der Waals surface area (Å²) in [5, 5.41) is 4.35. The van der Waals surface area contributed by atoms with Crippen LogP contribution < -0.4 is 5.32 Å². The largest absolute Gasteiger partial charge is 0.453 e. The van der Waals surface area contributed by atoms with E-state index in [2.05, 4.69) is 18.3 Å². The summed E-state index contributed by atoms with van der Waals surface area (Å²) < 4.78 is 5.79. The molecule has 20 heavy (non-hydrogen) atoms. The van der Waals surface area contributed by atoms with Crippen molar-refractivity contribution in [2.45, 2.75) is 33.1 Å². The predicted octanol–water partition coefficient (Wildman–Crippen LogP) is 3.70. The van der Waals surface area contributed by atoms with Crippen molar-refractivity contribution in [2.75, 3.05) is 13.1 Å². The second kappa shape index (κ2) is 5.06. The van der Waals surface area contributed by atoms with Gasteiger partial charge >= 0.3 is 0 Å². The minimum absolute atomic E-state index is 0.176. The molecule has 0 bridgehead atoms. The van der Waals surface area contributed by atoms with Crippen LogP contribution in [0.1, 0.15) is 42.3 Å². The SMILES string of the molecule is CCC1(C(=O)c2cc3cc(C)ccc3o2)CCNCC1. The van der Waals surface area contributed by atoms with Gasteiger partial charge < -0.3 is 9.73 Å². The molecule has 1 fully saturated rings. The summed E-state index contributed by atoms with van der Waals surface area (Å²) in [6, 6.07) is 7.93. The van der Waals surface area contributed by atoms with Gasteiger partial charge in [-0.25, -0.2) is 0 Å². The van der Waals surface area contributed by atoms with E-state index in [1.807, 2.05) is 25.1 Å². The highest BCUT2D eigenvalue weighted by Crippen LogP contribution is 2.37. The Morgan fingerprint density at radius 2 is 2.05 bits per heavy atom. The normalized spacial score (nSPS) is 18.3. The number of Topliss-reactive ketones (excluding diaryl/α,β-unsaturated/α-hetero) is 1. The van der Waals surface area contributed by atoms with Crippen LogP contribution in [0.15, 0.2) is 28.7 Å². The van der Waals surface area contributed by atoms with Crippen LogP contribution in [0.3, 0.4) is 0 Å². The van der Waals surface area contributed by atoms with E-state index in [4.69, 9.17) is 4.42 Å². The van der Waals surface area contributed by atoms with E-state index < -0.39 is 0 Å². The van der Waals surface area contributed by atoms with Crippen LogP contribution in [0.5, 0.6) is 0 Å². The van der Waals surface area contributed by atoms with Gasteiger partial charge in [-0.1, -0.05) is 18.6 Å². The van der Waals surface area contributed by atoms with E-state index in [9.17, 15) is 4.79 Å². The Morgan fingerprint density at radius 1 is 1.30 bits per heavy atom. The van der Waals surface area contributed by atoms with E-state index in [1.54, 1.807) is 0 Å². The maximum atomic E-state index is 12.9. The number of rotatable bonds is 3. The Morgan fingerprint density at radius 3 is 2.75 bits per heavy atom. The molecule has 3 heteroatoms. The van der Waals surface area contributed by atoms with Crippen molar-refractivity contribution in [1.29, 1.82) is 0 Å². The van der Waals surface area contributed by atoms with Gasteiger partial charge in [-0.05, 0) is 57.5 Å². The first-order chi connectivity index (χ1) is 9.64. The predicted molar refractivity (Wildman–Crippen MR) is 80.1 cm³/mol. The lowest BCUT2D eigenvalue weighted by Gasteiger charge is -2.34. The molecule has 2 aromatic rings. The van der Waals surface area contributed by atoms with Crippen LogP contribution in [0.2, 0.25) is 0 Å². The van der Waals surface area contributed by atoms with Gasteiger partial charge in [-0.2, -0.15) is 0 Å². The van der Waals surface area contributed by atoms with E-state index in [0.29, 0.717) is 5.76 Å². The summed E-state index contributed by atoms with van der Waals surface area (Å²) in [5.74, 6) is 0.699. The number of carbonyl (C=O) groups is 1. The summed E-state index contributed by atoms with van der Waals surface area (Å²) >= 11 is 0. The molecule has 1 aliphatic heterocycles. The molecule has 0 unspecified atom stereocenters. The number of piperidine rings is 1. The Hall–Kier alpha value is -1.61. The van der Waals surface area contributed by atoms with Gasteiger partial charge in [-0.15, -0.1) is 0 Å². The van der Waals surface area contributed by atoms with Crippen molar-refractivity contribution in [3.05, 3.63) is 35.6 Å². The molecule has 0 atom stereocenters. The molecule has 1 aliphatic rings. The number of aryl methyl sites for hydroxylation is 1. The molecule has 106 valence electrons. The summed E-state index contributed by atoms with van der Waals surface area (Å²) in [6.45, 7) is 5.99. The molecule has 0 saturated carbocycles. The number of hydrogen-bond donors (Lipinski definition) is 1. The molecule has 2 heterocycles. The lowest BCUT2D eigenvalue weighted by Crippen LogP contribution is -2.41. The van der Waals surface area contributed by atoms with Gasteiger partial charge in [0.2, 0.25) is 5.78 Å². The van der Waals surface area contributed by atoms with Crippen molar-refractivity contribution in [3.63, 3.8) is 0 Å². The maximum Gasteiger partial charge on any atom is 0.204 e. The molecule has 3 rings (SSSR count). The van der Waals surface area contributed by atoms with E-state index >= 15 is 0 Å². The standard InChI is InChI=1S/C17H21NO2/c1-3-17(6-8-18-9-7-17)16(19)15-11-13-10-12(2)4-5-14(13)20-15/h4-5,10-11,18H,3,6-9H2,1-2H3. The van der Waals surface area contributed by atoms with E-state index in [1.165, 1.54) is 5.56 Å². The van der Waals surface area contributed by atoms with E-state index in [0.717, 1.165) is 43.3 Å². The molecule has 0 amide bonds. The summed E-state index contributed by atoms with van der Waals surface area (Å²) in [7, 11) is 0. The van der Waals surface area contributed by atoms with Gasteiger partial charge in [0, 0.05) is 10.8 Å². The van der Waals surface area contributed by atoms with Crippen molar-refractivity contribution >= 4 is 16.8 Å². The van der Waals surface area contributed by atoms with Crippen molar-refractivity contribution in [2.24, 2.45) is 5.41 Å². The third-order valence-electron chi connectivity index (χ3n) is 4.61. The van der Waals surface area contributed by atoms with Crippen LogP contribution in [0, 0.1) is 12.3 Å². The highest BCUT2D eigenvalue weighted by Gasteiger charge is 2.39. The third-order valence-corrected chi connectivity index (χ3v) is 4.61.